The quantitative estimate of drug-likeness (QED) is 0.905. The van der Waals surface area contributed by atoms with Crippen LogP contribution in [-0.4, -0.2) is 15.9 Å². The van der Waals surface area contributed by atoms with Crippen molar-refractivity contribution in [2.75, 3.05) is 5.32 Å². The van der Waals surface area contributed by atoms with Crippen LogP contribution in [0.25, 0.3) is 0 Å². The summed E-state index contributed by atoms with van der Waals surface area (Å²) in [4.78, 5) is 20.4. The highest BCUT2D eigenvalue weighted by molar-refractivity contribution is 9.10. The number of nitrogens with one attached hydrogen (secondary N) is 1. The largest absolute Gasteiger partial charge is 0.290 e. The van der Waals surface area contributed by atoms with Gasteiger partial charge in [-0.3, -0.25) is 10.1 Å². The molecule has 1 aromatic carbocycles. The number of hydrogen-bond donors (Lipinski definition) is 1. The van der Waals surface area contributed by atoms with E-state index in [4.69, 9.17) is 11.6 Å². The SMILES string of the molecule is Cc1cc(C)nc(NC(=O)c2cccc(Br)c2Cl)n1. The van der Waals surface area contributed by atoms with Crippen LogP contribution >= 0.6 is 27.5 Å². The molecule has 0 unspecified atom stereocenters. The van der Waals surface area contributed by atoms with Crippen LogP contribution in [0.4, 0.5) is 5.95 Å². The van der Waals surface area contributed by atoms with Gasteiger partial charge < -0.3 is 0 Å². The van der Waals surface area contributed by atoms with Crippen LogP contribution in [0.1, 0.15) is 21.7 Å². The van der Waals surface area contributed by atoms with E-state index in [0.717, 1.165) is 11.4 Å². The second kappa shape index (κ2) is 5.67. The molecule has 0 radical (unpaired) electrons. The van der Waals surface area contributed by atoms with Gasteiger partial charge in [-0.25, -0.2) is 9.97 Å². The molecule has 0 aliphatic carbocycles. The second-order valence-electron chi connectivity index (χ2n) is 4.03. The maximum Gasteiger partial charge on any atom is 0.259 e. The molecule has 0 aliphatic rings. The summed E-state index contributed by atoms with van der Waals surface area (Å²) < 4.78 is 0.670. The molecule has 1 N–H and O–H groups in total. The van der Waals surface area contributed by atoms with Crippen LogP contribution in [0, 0.1) is 13.8 Å². The minimum absolute atomic E-state index is 0.276. The molecular weight excluding hydrogens is 330 g/mol. The van der Waals surface area contributed by atoms with Crippen molar-refractivity contribution in [1.82, 2.24) is 9.97 Å². The van der Waals surface area contributed by atoms with Crippen molar-refractivity contribution in [2.45, 2.75) is 13.8 Å². The van der Waals surface area contributed by atoms with E-state index >= 15 is 0 Å². The van der Waals surface area contributed by atoms with Gasteiger partial charge in [-0.1, -0.05) is 17.7 Å². The van der Waals surface area contributed by atoms with Crippen molar-refractivity contribution in [3.63, 3.8) is 0 Å². The van der Waals surface area contributed by atoms with Crippen molar-refractivity contribution >= 4 is 39.4 Å². The molecule has 6 heteroatoms. The number of amides is 1. The van der Waals surface area contributed by atoms with Gasteiger partial charge in [0.1, 0.15) is 0 Å². The number of halogens is 2. The minimum Gasteiger partial charge on any atom is -0.290 e. The molecule has 2 rings (SSSR count). The first-order valence-corrected chi connectivity index (χ1v) is 6.72. The van der Waals surface area contributed by atoms with Crippen LogP contribution in [-0.2, 0) is 0 Å². The fraction of sp³-hybridized carbons (Fsp3) is 0.154. The van der Waals surface area contributed by atoms with Gasteiger partial charge in [0.25, 0.3) is 5.91 Å². The standard InChI is InChI=1S/C13H11BrClN3O/c1-7-6-8(2)17-13(16-7)18-12(19)9-4-3-5-10(14)11(9)15/h3-6H,1-2H3,(H,16,17,18,19). The third kappa shape index (κ3) is 3.30. The van der Waals surface area contributed by atoms with Crippen LogP contribution in [0.15, 0.2) is 28.7 Å². The molecule has 0 saturated heterocycles. The summed E-state index contributed by atoms with van der Waals surface area (Å²) in [6.07, 6.45) is 0. The normalized spacial score (nSPS) is 10.3. The first kappa shape index (κ1) is 14.0. The summed E-state index contributed by atoms with van der Waals surface area (Å²) in [6.45, 7) is 3.69. The highest BCUT2D eigenvalue weighted by Crippen LogP contribution is 2.26. The number of carbonyl (C=O) groups excluding carboxylic acids is 1. The Bertz CT molecular complexity index is 626. The number of aryl methyl sites for hydroxylation is 2. The Labute approximate surface area is 124 Å². The van der Waals surface area contributed by atoms with Crippen LogP contribution in [0.2, 0.25) is 5.02 Å². The average Bonchev–Trinajstić information content (AvgIpc) is 2.31. The zero-order valence-electron chi connectivity index (χ0n) is 10.4. The van der Waals surface area contributed by atoms with E-state index in [2.05, 4.69) is 31.2 Å². The molecule has 1 amide bonds. The van der Waals surface area contributed by atoms with Crippen molar-refractivity contribution < 1.29 is 4.79 Å². The Balaban J connectivity index is 2.28. The molecule has 0 fully saturated rings. The lowest BCUT2D eigenvalue weighted by Gasteiger charge is -2.07. The number of hydrogen-bond acceptors (Lipinski definition) is 3. The third-order valence-electron chi connectivity index (χ3n) is 2.40. The van der Waals surface area contributed by atoms with E-state index in [1.165, 1.54) is 0 Å². The molecule has 0 atom stereocenters. The van der Waals surface area contributed by atoms with Gasteiger partial charge in [0.15, 0.2) is 0 Å². The first-order chi connectivity index (χ1) is 8.97. The van der Waals surface area contributed by atoms with Crippen molar-refractivity contribution in [2.24, 2.45) is 0 Å². The predicted octanol–water partition coefficient (Wildman–Crippen LogP) is 3.76. The lowest BCUT2D eigenvalue weighted by atomic mass is 10.2. The highest BCUT2D eigenvalue weighted by Gasteiger charge is 2.13. The highest BCUT2D eigenvalue weighted by atomic mass is 79.9. The Morgan fingerprint density at radius 1 is 1.26 bits per heavy atom. The Hall–Kier alpha value is -1.46. The molecule has 1 heterocycles. The molecule has 0 spiro atoms. The predicted molar refractivity (Wildman–Crippen MR) is 78.6 cm³/mol. The topological polar surface area (TPSA) is 54.9 Å². The minimum atomic E-state index is -0.337. The smallest absolute Gasteiger partial charge is 0.259 e. The van der Waals surface area contributed by atoms with Crippen molar-refractivity contribution in [3.8, 4) is 0 Å². The van der Waals surface area contributed by atoms with Crippen LogP contribution in [0.3, 0.4) is 0 Å². The lowest BCUT2D eigenvalue weighted by molar-refractivity contribution is 0.102. The molecule has 19 heavy (non-hydrogen) atoms. The van der Waals surface area contributed by atoms with E-state index in [-0.39, 0.29) is 11.9 Å². The summed E-state index contributed by atoms with van der Waals surface area (Å²) in [7, 11) is 0. The number of nitrogens with zero attached hydrogens (tertiary/aromatic N) is 2. The maximum absolute atomic E-state index is 12.1. The number of rotatable bonds is 2. The summed E-state index contributed by atoms with van der Waals surface area (Å²) in [6, 6.07) is 6.99. The van der Waals surface area contributed by atoms with Gasteiger partial charge in [-0.15, -0.1) is 0 Å². The lowest BCUT2D eigenvalue weighted by Crippen LogP contribution is -2.15. The molecule has 0 saturated carbocycles. The van der Waals surface area contributed by atoms with Crippen molar-refractivity contribution in [3.05, 3.63) is 50.7 Å². The van der Waals surface area contributed by atoms with E-state index in [1.54, 1.807) is 18.2 Å². The monoisotopic (exact) mass is 339 g/mol. The van der Waals surface area contributed by atoms with E-state index in [0.29, 0.717) is 15.1 Å². The third-order valence-corrected chi connectivity index (χ3v) is 3.70. The summed E-state index contributed by atoms with van der Waals surface area (Å²) in [5.41, 5.74) is 1.96. The van der Waals surface area contributed by atoms with E-state index in [9.17, 15) is 4.79 Å². The Morgan fingerprint density at radius 3 is 2.53 bits per heavy atom. The Morgan fingerprint density at radius 2 is 1.89 bits per heavy atom. The fourth-order valence-corrected chi connectivity index (χ4v) is 2.21. The zero-order chi connectivity index (χ0) is 14.0. The summed E-state index contributed by atoms with van der Waals surface area (Å²) in [5, 5.41) is 3.01. The number of carbonyl (C=O) groups is 1. The van der Waals surface area contributed by atoms with Gasteiger partial charge in [-0.2, -0.15) is 0 Å². The summed E-state index contributed by atoms with van der Waals surface area (Å²) >= 11 is 9.35. The van der Waals surface area contributed by atoms with Gasteiger partial charge >= 0.3 is 0 Å². The number of benzene rings is 1. The maximum atomic E-state index is 12.1. The number of anilines is 1. The summed E-state index contributed by atoms with van der Waals surface area (Å²) in [5.74, 6) is -0.0603. The second-order valence-corrected chi connectivity index (χ2v) is 5.26. The first-order valence-electron chi connectivity index (χ1n) is 5.55. The van der Waals surface area contributed by atoms with Crippen LogP contribution < -0.4 is 5.32 Å². The number of aromatic nitrogens is 2. The molecule has 4 nitrogen and oxygen atoms in total. The molecule has 98 valence electrons. The van der Waals surface area contributed by atoms with Gasteiger partial charge in [0, 0.05) is 15.9 Å². The zero-order valence-corrected chi connectivity index (χ0v) is 12.7. The van der Waals surface area contributed by atoms with Crippen LogP contribution in [0.5, 0.6) is 0 Å². The molecular formula is C13H11BrClN3O. The van der Waals surface area contributed by atoms with E-state index < -0.39 is 0 Å². The van der Waals surface area contributed by atoms with Crippen molar-refractivity contribution in [1.29, 1.82) is 0 Å². The molecule has 2 aromatic rings. The fourth-order valence-electron chi connectivity index (χ4n) is 1.63. The Kier molecular flexibility index (Phi) is 4.17. The van der Waals surface area contributed by atoms with E-state index in [1.807, 2.05) is 19.9 Å². The van der Waals surface area contributed by atoms with Gasteiger partial charge in [-0.05, 0) is 48.0 Å². The molecule has 0 bridgehead atoms. The molecule has 0 aliphatic heterocycles. The molecule has 1 aromatic heterocycles. The average molecular weight is 341 g/mol. The van der Waals surface area contributed by atoms with Gasteiger partial charge in [0.05, 0.1) is 10.6 Å². The van der Waals surface area contributed by atoms with Gasteiger partial charge in [0.2, 0.25) is 5.95 Å².